The standard InChI is InChI=1S/C16H23ClN2O2.ClH/c1-4-16(2)6-5-7-19(10-16)15(20)11-8-12(17)13(18)9-14(11)21-3;/h8-9H,4-7,10,18H2,1-3H3;1H. The first-order valence-corrected chi connectivity index (χ1v) is 7.70. The predicted molar refractivity (Wildman–Crippen MR) is 93.2 cm³/mol. The van der Waals surface area contributed by atoms with Crippen LogP contribution < -0.4 is 10.5 Å². The lowest BCUT2D eigenvalue weighted by molar-refractivity contribution is 0.0540. The average Bonchev–Trinajstić information content (AvgIpc) is 2.49. The number of benzene rings is 1. The normalized spacial score (nSPS) is 21.2. The van der Waals surface area contributed by atoms with Crippen molar-refractivity contribution in [2.75, 3.05) is 25.9 Å². The van der Waals surface area contributed by atoms with E-state index < -0.39 is 0 Å². The lowest BCUT2D eigenvalue weighted by atomic mass is 9.79. The number of halogens is 2. The zero-order valence-electron chi connectivity index (χ0n) is 13.3. The van der Waals surface area contributed by atoms with Crippen LogP contribution in [0.15, 0.2) is 12.1 Å². The molecule has 124 valence electrons. The molecule has 0 aromatic heterocycles. The quantitative estimate of drug-likeness (QED) is 0.841. The first-order chi connectivity index (χ1) is 9.90. The summed E-state index contributed by atoms with van der Waals surface area (Å²) in [6.45, 7) is 5.96. The zero-order chi connectivity index (χ0) is 15.6. The van der Waals surface area contributed by atoms with E-state index in [1.54, 1.807) is 12.1 Å². The second kappa shape index (κ2) is 7.42. The van der Waals surface area contributed by atoms with Crippen LogP contribution in [-0.4, -0.2) is 31.0 Å². The number of rotatable bonds is 3. The van der Waals surface area contributed by atoms with E-state index in [9.17, 15) is 4.79 Å². The number of nitrogens with two attached hydrogens (primary N) is 1. The summed E-state index contributed by atoms with van der Waals surface area (Å²) in [5.74, 6) is 0.443. The Kier molecular flexibility index (Phi) is 6.38. The first kappa shape index (κ1) is 18.9. The molecule has 1 aliphatic rings. The molecule has 0 aliphatic carbocycles. The van der Waals surface area contributed by atoms with Crippen LogP contribution in [-0.2, 0) is 0 Å². The topological polar surface area (TPSA) is 55.6 Å². The molecule has 1 amide bonds. The summed E-state index contributed by atoms with van der Waals surface area (Å²) in [4.78, 5) is 14.7. The number of anilines is 1. The molecular formula is C16H24Cl2N2O2. The van der Waals surface area contributed by atoms with Crippen molar-refractivity contribution >= 4 is 35.6 Å². The number of methoxy groups -OCH3 is 1. The Bertz CT molecular complexity index is 551. The molecular weight excluding hydrogens is 323 g/mol. The van der Waals surface area contributed by atoms with Gasteiger partial charge in [0.25, 0.3) is 5.91 Å². The molecule has 22 heavy (non-hydrogen) atoms. The molecule has 1 saturated heterocycles. The van der Waals surface area contributed by atoms with Gasteiger partial charge in [0.2, 0.25) is 0 Å². The maximum absolute atomic E-state index is 12.8. The van der Waals surface area contributed by atoms with Gasteiger partial charge in [-0.05, 0) is 30.7 Å². The Morgan fingerprint density at radius 1 is 1.50 bits per heavy atom. The maximum atomic E-state index is 12.8. The molecule has 1 aliphatic heterocycles. The Balaban J connectivity index is 0.00000242. The van der Waals surface area contributed by atoms with Gasteiger partial charge in [-0.1, -0.05) is 25.4 Å². The third-order valence-electron chi connectivity index (χ3n) is 4.47. The number of amides is 1. The molecule has 0 saturated carbocycles. The molecule has 6 heteroatoms. The number of nitrogens with zero attached hydrogens (tertiary/aromatic N) is 1. The number of carbonyl (C=O) groups is 1. The van der Waals surface area contributed by atoms with Crippen LogP contribution in [0.25, 0.3) is 0 Å². The van der Waals surface area contributed by atoms with Gasteiger partial charge in [0.05, 0.1) is 23.4 Å². The van der Waals surface area contributed by atoms with Crippen molar-refractivity contribution in [1.29, 1.82) is 0 Å². The number of hydrogen-bond acceptors (Lipinski definition) is 3. The fourth-order valence-electron chi connectivity index (χ4n) is 2.85. The number of nitrogen functional groups attached to an aromatic ring is 1. The lowest BCUT2D eigenvalue weighted by Crippen LogP contribution is -2.44. The summed E-state index contributed by atoms with van der Waals surface area (Å²) in [6.07, 6.45) is 3.25. The Hall–Kier alpha value is -1.13. The van der Waals surface area contributed by atoms with Crippen LogP contribution in [0.4, 0.5) is 5.69 Å². The van der Waals surface area contributed by atoms with Crippen LogP contribution in [0.3, 0.4) is 0 Å². The number of likely N-dealkylation sites (tertiary alicyclic amines) is 1. The van der Waals surface area contributed by atoms with Gasteiger partial charge in [0, 0.05) is 19.2 Å². The molecule has 0 spiro atoms. The fraction of sp³-hybridized carbons (Fsp3) is 0.562. The van der Waals surface area contributed by atoms with E-state index in [0.29, 0.717) is 22.0 Å². The molecule has 1 heterocycles. The molecule has 1 fully saturated rings. The van der Waals surface area contributed by atoms with Gasteiger partial charge < -0.3 is 15.4 Å². The van der Waals surface area contributed by atoms with E-state index in [4.69, 9.17) is 22.1 Å². The molecule has 2 rings (SSSR count). The number of carbonyl (C=O) groups excluding carboxylic acids is 1. The van der Waals surface area contributed by atoms with Crippen LogP contribution in [0.5, 0.6) is 5.75 Å². The third-order valence-corrected chi connectivity index (χ3v) is 4.80. The van der Waals surface area contributed by atoms with Gasteiger partial charge in [-0.15, -0.1) is 12.4 Å². The molecule has 4 nitrogen and oxygen atoms in total. The minimum Gasteiger partial charge on any atom is -0.496 e. The second-order valence-electron chi connectivity index (χ2n) is 6.07. The van der Waals surface area contributed by atoms with Crippen molar-refractivity contribution in [3.8, 4) is 5.75 Å². The van der Waals surface area contributed by atoms with Crippen molar-refractivity contribution in [3.63, 3.8) is 0 Å². The fourth-order valence-corrected chi connectivity index (χ4v) is 3.02. The third kappa shape index (κ3) is 3.79. The Labute approximate surface area is 143 Å². The van der Waals surface area contributed by atoms with Gasteiger partial charge in [-0.2, -0.15) is 0 Å². The van der Waals surface area contributed by atoms with Crippen LogP contribution in [0.1, 0.15) is 43.5 Å². The number of hydrogen-bond donors (Lipinski definition) is 1. The molecule has 1 aromatic rings. The number of piperidine rings is 1. The van der Waals surface area contributed by atoms with E-state index in [0.717, 1.165) is 32.4 Å². The maximum Gasteiger partial charge on any atom is 0.257 e. The minimum atomic E-state index is -0.0341. The van der Waals surface area contributed by atoms with Crippen LogP contribution >= 0.6 is 24.0 Å². The van der Waals surface area contributed by atoms with Crippen molar-refractivity contribution in [2.45, 2.75) is 33.1 Å². The highest BCUT2D eigenvalue weighted by atomic mass is 35.5. The molecule has 1 unspecified atom stereocenters. The van der Waals surface area contributed by atoms with E-state index in [1.165, 1.54) is 7.11 Å². The summed E-state index contributed by atoms with van der Waals surface area (Å²) in [7, 11) is 1.53. The average molecular weight is 347 g/mol. The van der Waals surface area contributed by atoms with E-state index in [2.05, 4.69) is 13.8 Å². The Morgan fingerprint density at radius 2 is 2.18 bits per heavy atom. The van der Waals surface area contributed by atoms with Crippen molar-refractivity contribution in [3.05, 3.63) is 22.7 Å². The van der Waals surface area contributed by atoms with Gasteiger partial charge in [0.1, 0.15) is 5.75 Å². The second-order valence-corrected chi connectivity index (χ2v) is 6.48. The molecule has 2 N–H and O–H groups in total. The van der Waals surface area contributed by atoms with Crippen molar-refractivity contribution in [1.82, 2.24) is 4.90 Å². The molecule has 0 bridgehead atoms. The summed E-state index contributed by atoms with van der Waals surface area (Å²) in [6, 6.07) is 3.22. The van der Waals surface area contributed by atoms with Crippen molar-refractivity contribution < 1.29 is 9.53 Å². The minimum absolute atomic E-state index is 0. The smallest absolute Gasteiger partial charge is 0.257 e. The highest BCUT2D eigenvalue weighted by Gasteiger charge is 2.33. The van der Waals surface area contributed by atoms with Crippen molar-refractivity contribution in [2.24, 2.45) is 5.41 Å². The van der Waals surface area contributed by atoms with Crippen LogP contribution in [0.2, 0.25) is 5.02 Å². The van der Waals surface area contributed by atoms with Gasteiger partial charge >= 0.3 is 0 Å². The molecule has 0 radical (unpaired) electrons. The predicted octanol–water partition coefficient (Wildman–Crippen LogP) is 4.00. The largest absolute Gasteiger partial charge is 0.496 e. The van der Waals surface area contributed by atoms with E-state index in [1.807, 2.05) is 4.90 Å². The van der Waals surface area contributed by atoms with Gasteiger partial charge in [0.15, 0.2) is 0 Å². The van der Waals surface area contributed by atoms with Gasteiger partial charge in [-0.25, -0.2) is 0 Å². The SMILES string of the molecule is CCC1(C)CCCN(C(=O)c2cc(Cl)c(N)cc2OC)C1.Cl. The highest BCUT2D eigenvalue weighted by Crippen LogP contribution is 2.35. The summed E-state index contributed by atoms with van der Waals surface area (Å²) in [5.41, 5.74) is 6.87. The summed E-state index contributed by atoms with van der Waals surface area (Å²) in [5, 5.41) is 0.384. The molecule has 1 aromatic carbocycles. The lowest BCUT2D eigenvalue weighted by Gasteiger charge is -2.40. The Morgan fingerprint density at radius 3 is 2.77 bits per heavy atom. The van der Waals surface area contributed by atoms with E-state index >= 15 is 0 Å². The van der Waals surface area contributed by atoms with Gasteiger partial charge in [-0.3, -0.25) is 4.79 Å². The number of ether oxygens (including phenoxy) is 1. The monoisotopic (exact) mass is 346 g/mol. The van der Waals surface area contributed by atoms with Crippen LogP contribution in [0, 0.1) is 5.41 Å². The highest BCUT2D eigenvalue weighted by molar-refractivity contribution is 6.33. The zero-order valence-corrected chi connectivity index (χ0v) is 14.9. The molecule has 1 atom stereocenters. The first-order valence-electron chi connectivity index (χ1n) is 7.32. The van der Waals surface area contributed by atoms with E-state index in [-0.39, 0.29) is 23.7 Å². The summed E-state index contributed by atoms with van der Waals surface area (Å²) < 4.78 is 5.29. The summed E-state index contributed by atoms with van der Waals surface area (Å²) >= 11 is 6.06.